The van der Waals surface area contributed by atoms with Gasteiger partial charge in [-0.05, 0) is 36.6 Å². The number of nitrogens with one attached hydrogen (secondary N) is 1. The van der Waals surface area contributed by atoms with Gasteiger partial charge in [-0.3, -0.25) is 0 Å². The van der Waals surface area contributed by atoms with Crippen molar-refractivity contribution in [3.63, 3.8) is 0 Å². The summed E-state index contributed by atoms with van der Waals surface area (Å²) in [5, 5.41) is 12.5. The van der Waals surface area contributed by atoms with E-state index in [1.807, 2.05) is 18.2 Å². The highest BCUT2D eigenvalue weighted by Gasteiger charge is 2.23. The number of nitrogens with zero attached hydrogens (tertiary/aromatic N) is 2. The number of hydrogen-bond donors (Lipinski definition) is 1. The Balaban J connectivity index is 2.21. The highest BCUT2D eigenvalue weighted by Crippen LogP contribution is 2.24. The van der Waals surface area contributed by atoms with Gasteiger partial charge in [0, 0.05) is 25.3 Å². The van der Waals surface area contributed by atoms with Crippen molar-refractivity contribution in [3.05, 3.63) is 29.8 Å². The summed E-state index contributed by atoms with van der Waals surface area (Å²) in [4.78, 5) is 2.40. The number of hydrogen-bond acceptors (Lipinski definition) is 3. The minimum atomic E-state index is 0.253. The van der Waals surface area contributed by atoms with Gasteiger partial charge in [0.1, 0.15) is 0 Å². The van der Waals surface area contributed by atoms with Gasteiger partial charge in [0.05, 0.1) is 11.6 Å². The lowest BCUT2D eigenvalue weighted by Gasteiger charge is -2.36. The molecule has 3 nitrogen and oxygen atoms in total. The molecule has 0 aliphatic carbocycles. The Kier molecular flexibility index (Phi) is 3.88. The summed E-state index contributed by atoms with van der Waals surface area (Å²) >= 11 is 0. The summed E-state index contributed by atoms with van der Waals surface area (Å²) in [5.74, 6) is 0. The van der Waals surface area contributed by atoms with Gasteiger partial charge in [0.25, 0.3) is 0 Å². The van der Waals surface area contributed by atoms with E-state index < -0.39 is 0 Å². The summed E-state index contributed by atoms with van der Waals surface area (Å²) in [6.07, 6.45) is 1.15. The normalized spacial score (nSPS) is 19.7. The molecule has 0 unspecified atom stereocenters. The molecule has 18 heavy (non-hydrogen) atoms. The Bertz CT molecular complexity index is 445. The lowest BCUT2D eigenvalue weighted by Crippen LogP contribution is -2.44. The maximum atomic E-state index is 8.99. The lowest BCUT2D eigenvalue weighted by molar-refractivity contribution is 0.325. The second kappa shape index (κ2) is 5.41. The maximum absolute atomic E-state index is 8.99. The van der Waals surface area contributed by atoms with Gasteiger partial charge in [-0.25, -0.2) is 0 Å². The topological polar surface area (TPSA) is 39.1 Å². The molecule has 1 heterocycles. The predicted octanol–water partition coefficient (Wildman–Crippen LogP) is 2.38. The van der Waals surface area contributed by atoms with Crippen LogP contribution < -0.4 is 10.2 Å². The standard InChI is InChI=1S/C15H21N3/c1-15(2)11-17-7-4-8-18(12-15)14-6-3-5-13(9-14)10-16/h3,5-6,9,17H,4,7-8,11-12H2,1-2H3. The van der Waals surface area contributed by atoms with Gasteiger partial charge >= 0.3 is 0 Å². The molecule has 96 valence electrons. The van der Waals surface area contributed by atoms with Crippen molar-refractivity contribution < 1.29 is 0 Å². The Hall–Kier alpha value is -1.53. The number of anilines is 1. The molecule has 0 saturated carbocycles. The molecule has 1 aromatic carbocycles. The van der Waals surface area contributed by atoms with Crippen LogP contribution in [0.3, 0.4) is 0 Å². The lowest BCUT2D eigenvalue weighted by atomic mass is 9.91. The average molecular weight is 243 g/mol. The van der Waals surface area contributed by atoms with Crippen molar-refractivity contribution in [2.24, 2.45) is 5.41 Å². The maximum Gasteiger partial charge on any atom is 0.0992 e. The van der Waals surface area contributed by atoms with Crippen molar-refractivity contribution in [3.8, 4) is 6.07 Å². The molecule has 3 heteroatoms. The van der Waals surface area contributed by atoms with E-state index in [0.717, 1.165) is 38.2 Å². The molecule has 0 bridgehead atoms. The molecular weight excluding hydrogens is 222 g/mol. The highest BCUT2D eigenvalue weighted by atomic mass is 15.1. The second-order valence-electron chi connectivity index (χ2n) is 5.78. The molecule has 1 aliphatic rings. The first-order valence-electron chi connectivity index (χ1n) is 6.57. The van der Waals surface area contributed by atoms with Crippen LogP contribution in [0.1, 0.15) is 25.8 Å². The van der Waals surface area contributed by atoms with Crippen LogP contribution in [0.2, 0.25) is 0 Å². The van der Waals surface area contributed by atoms with E-state index in [2.05, 4.69) is 36.2 Å². The minimum absolute atomic E-state index is 0.253. The third kappa shape index (κ3) is 3.24. The van der Waals surface area contributed by atoms with Crippen LogP contribution in [-0.2, 0) is 0 Å². The van der Waals surface area contributed by atoms with E-state index in [1.54, 1.807) is 0 Å². The van der Waals surface area contributed by atoms with Crippen LogP contribution in [0, 0.1) is 16.7 Å². The summed E-state index contributed by atoms with van der Waals surface area (Å²) in [6.45, 7) is 8.75. The van der Waals surface area contributed by atoms with Gasteiger partial charge in [-0.1, -0.05) is 19.9 Å². The Labute approximate surface area is 109 Å². The molecule has 1 fully saturated rings. The van der Waals surface area contributed by atoms with E-state index in [-0.39, 0.29) is 5.41 Å². The Morgan fingerprint density at radius 2 is 2.22 bits per heavy atom. The van der Waals surface area contributed by atoms with Gasteiger partial charge in [0.2, 0.25) is 0 Å². The zero-order valence-electron chi connectivity index (χ0n) is 11.2. The fourth-order valence-corrected chi connectivity index (χ4v) is 2.47. The first kappa shape index (κ1) is 12.9. The molecule has 1 aliphatic heterocycles. The van der Waals surface area contributed by atoms with Crippen molar-refractivity contribution >= 4 is 5.69 Å². The molecule has 0 radical (unpaired) electrons. The number of nitriles is 1. The zero-order valence-corrected chi connectivity index (χ0v) is 11.2. The van der Waals surface area contributed by atoms with Crippen LogP contribution in [0.15, 0.2) is 24.3 Å². The van der Waals surface area contributed by atoms with Gasteiger partial charge in [0.15, 0.2) is 0 Å². The fraction of sp³-hybridized carbons (Fsp3) is 0.533. The van der Waals surface area contributed by atoms with Crippen LogP contribution in [0.25, 0.3) is 0 Å². The van der Waals surface area contributed by atoms with Gasteiger partial charge in [-0.2, -0.15) is 5.26 Å². The first-order valence-corrected chi connectivity index (χ1v) is 6.57. The van der Waals surface area contributed by atoms with Crippen LogP contribution >= 0.6 is 0 Å². The summed E-state index contributed by atoms with van der Waals surface area (Å²) in [5.41, 5.74) is 2.16. The van der Waals surface area contributed by atoms with Crippen LogP contribution in [0.4, 0.5) is 5.69 Å². The van der Waals surface area contributed by atoms with Crippen molar-refractivity contribution in [2.45, 2.75) is 20.3 Å². The Morgan fingerprint density at radius 1 is 1.39 bits per heavy atom. The summed E-state index contributed by atoms with van der Waals surface area (Å²) < 4.78 is 0. The monoisotopic (exact) mass is 243 g/mol. The Morgan fingerprint density at radius 3 is 3.00 bits per heavy atom. The third-order valence-corrected chi connectivity index (χ3v) is 3.34. The third-order valence-electron chi connectivity index (χ3n) is 3.34. The molecular formula is C15H21N3. The van der Waals surface area contributed by atoms with E-state index in [0.29, 0.717) is 0 Å². The quantitative estimate of drug-likeness (QED) is 0.823. The summed E-state index contributed by atoms with van der Waals surface area (Å²) in [6, 6.07) is 10.1. The average Bonchev–Trinajstić information content (AvgIpc) is 2.34. The SMILES string of the molecule is CC1(C)CNCCCN(c2cccc(C#N)c2)C1. The van der Waals surface area contributed by atoms with Crippen LogP contribution in [0.5, 0.6) is 0 Å². The molecule has 0 amide bonds. The number of rotatable bonds is 1. The minimum Gasteiger partial charge on any atom is -0.371 e. The molecule has 1 saturated heterocycles. The molecule has 2 rings (SSSR count). The van der Waals surface area contributed by atoms with Crippen molar-refractivity contribution in [2.75, 3.05) is 31.1 Å². The van der Waals surface area contributed by atoms with E-state index in [9.17, 15) is 0 Å². The fourth-order valence-electron chi connectivity index (χ4n) is 2.47. The van der Waals surface area contributed by atoms with E-state index in [4.69, 9.17) is 5.26 Å². The first-order chi connectivity index (χ1) is 8.61. The van der Waals surface area contributed by atoms with Crippen LogP contribution in [-0.4, -0.2) is 26.2 Å². The molecule has 1 aromatic rings. The smallest absolute Gasteiger partial charge is 0.0992 e. The highest BCUT2D eigenvalue weighted by molar-refractivity contribution is 5.51. The summed E-state index contributed by atoms with van der Waals surface area (Å²) in [7, 11) is 0. The molecule has 0 aromatic heterocycles. The van der Waals surface area contributed by atoms with Crippen molar-refractivity contribution in [1.82, 2.24) is 5.32 Å². The molecule has 0 atom stereocenters. The van der Waals surface area contributed by atoms with Gasteiger partial charge in [-0.15, -0.1) is 0 Å². The van der Waals surface area contributed by atoms with Gasteiger partial charge < -0.3 is 10.2 Å². The van der Waals surface area contributed by atoms with E-state index >= 15 is 0 Å². The second-order valence-corrected chi connectivity index (χ2v) is 5.78. The predicted molar refractivity (Wildman–Crippen MR) is 74.6 cm³/mol. The molecule has 1 N–H and O–H groups in total. The largest absolute Gasteiger partial charge is 0.371 e. The molecule has 0 spiro atoms. The number of benzene rings is 1. The van der Waals surface area contributed by atoms with E-state index in [1.165, 1.54) is 5.69 Å². The zero-order chi connectivity index (χ0) is 13.0. The van der Waals surface area contributed by atoms with Crippen molar-refractivity contribution in [1.29, 1.82) is 5.26 Å².